The summed E-state index contributed by atoms with van der Waals surface area (Å²) >= 11 is 0. The van der Waals surface area contributed by atoms with Crippen LogP contribution < -0.4 is 0 Å². The van der Waals surface area contributed by atoms with E-state index in [1.165, 1.54) is 0 Å². The fourth-order valence-electron chi connectivity index (χ4n) is 8.14. The molecule has 4 aliphatic heterocycles. The first-order valence-corrected chi connectivity index (χ1v) is 15.3. The van der Waals surface area contributed by atoms with Gasteiger partial charge in [-0.25, -0.2) is 0 Å². The molecule has 0 aliphatic carbocycles. The lowest BCUT2D eigenvalue weighted by Gasteiger charge is -2.46. The number of rotatable bonds is 7. The third kappa shape index (κ3) is 5.00. The van der Waals surface area contributed by atoms with E-state index in [1.807, 2.05) is 66.5 Å². The number of hydrogen-bond donors (Lipinski definition) is 1. The van der Waals surface area contributed by atoms with Crippen LogP contribution in [0.15, 0.2) is 54.6 Å². The van der Waals surface area contributed by atoms with Crippen LogP contribution in [0.5, 0.6) is 0 Å². The van der Waals surface area contributed by atoms with Gasteiger partial charge >= 0.3 is 5.97 Å². The number of ether oxygens (including phenoxy) is 2. The van der Waals surface area contributed by atoms with Crippen LogP contribution in [-0.2, 0) is 30.3 Å². The van der Waals surface area contributed by atoms with E-state index in [0.717, 1.165) is 12.0 Å². The van der Waals surface area contributed by atoms with Gasteiger partial charge in [-0.1, -0.05) is 82.3 Å². The topological polar surface area (TPSA) is 96.4 Å². The molecule has 5 rings (SSSR count). The molecule has 1 unspecified atom stereocenters. The Labute approximate surface area is 249 Å². The number of aliphatic hydroxyl groups excluding tert-OH is 1. The van der Waals surface area contributed by atoms with Gasteiger partial charge in [0, 0.05) is 12.1 Å². The first-order chi connectivity index (χ1) is 19.8. The molecule has 6 atom stereocenters. The van der Waals surface area contributed by atoms with E-state index in [9.17, 15) is 19.5 Å². The third-order valence-electron chi connectivity index (χ3n) is 9.45. The molecule has 0 radical (unpaired) electrons. The molecule has 2 saturated heterocycles. The van der Waals surface area contributed by atoms with Gasteiger partial charge in [0.05, 0.1) is 25.2 Å². The zero-order valence-electron chi connectivity index (χ0n) is 25.8. The average molecular weight is 579 g/mol. The van der Waals surface area contributed by atoms with Crippen LogP contribution in [0, 0.1) is 17.3 Å². The Morgan fingerprint density at radius 3 is 2.36 bits per heavy atom. The van der Waals surface area contributed by atoms with E-state index in [4.69, 9.17) is 9.47 Å². The van der Waals surface area contributed by atoms with Crippen molar-refractivity contribution in [3.8, 4) is 0 Å². The van der Waals surface area contributed by atoms with Gasteiger partial charge in [-0.2, -0.15) is 0 Å². The molecule has 1 spiro atoms. The van der Waals surface area contributed by atoms with Gasteiger partial charge in [-0.3, -0.25) is 14.4 Å². The summed E-state index contributed by atoms with van der Waals surface area (Å²) < 4.78 is 12.7. The summed E-state index contributed by atoms with van der Waals surface area (Å²) in [4.78, 5) is 46.8. The van der Waals surface area contributed by atoms with Crippen LogP contribution in [0.4, 0.5) is 0 Å². The fraction of sp³-hybridized carbons (Fsp3) is 0.618. The van der Waals surface area contributed by atoms with Crippen LogP contribution >= 0.6 is 0 Å². The smallest absolute Gasteiger partial charge is 0.313 e. The molecule has 42 heavy (non-hydrogen) atoms. The van der Waals surface area contributed by atoms with E-state index in [-0.39, 0.29) is 30.4 Å². The number of fused-ring (bicyclic) bond motifs is 2. The molecule has 1 N–H and O–H groups in total. The number of carbonyl (C=O) groups excluding carboxylic acids is 3. The number of benzene rings is 1. The van der Waals surface area contributed by atoms with Crippen molar-refractivity contribution in [3.05, 3.63) is 60.2 Å². The van der Waals surface area contributed by atoms with E-state index in [2.05, 4.69) is 34.6 Å². The number of amides is 2. The van der Waals surface area contributed by atoms with Gasteiger partial charge in [0.2, 0.25) is 11.8 Å². The highest BCUT2D eigenvalue weighted by molar-refractivity contribution is 5.99. The van der Waals surface area contributed by atoms with E-state index < -0.39 is 46.6 Å². The minimum atomic E-state index is -1.39. The minimum Gasteiger partial charge on any atom is -0.465 e. The molecule has 8 heteroatoms. The van der Waals surface area contributed by atoms with Crippen LogP contribution in [0.2, 0.25) is 0 Å². The Morgan fingerprint density at radius 1 is 1.00 bits per heavy atom. The van der Waals surface area contributed by atoms with Crippen molar-refractivity contribution in [2.45, 2.75) is 96.1 Å². The van der Waals surface area contributed by atoms with Gasteiger partial charge < -0.3 is 24.4 Å². The fourth-order valence-corrected chi connectivity index (χ4v) is 8.14. The largest absolute Gasteiger partial charge is 0.465 e. The van der Waals surface area contributed by atoms with Gasteiger partial charge in [-0.05, 0) is 50.5 Å². The van der Waals surface area contributed by atoms with E-state index >= 15 is 0 Å². The average Bonchev–Trinajstić information content (AvgIpc) is 3.26. The maximum atomic E-state index is 14.9. The van der Waals surface area contributed by atoms with E-state index in [1.54, 1.807) is 4.90 Å². The molecular weight excluding hydrogens is 532 g/mol. The van der Waals surface area contributed by atoms with Crippen LogP contribution in [0.25, 0.3) is 0 Å². The third-order valence-corrected chi connectivity index (χ3v) is 9.45. The highest BCUT2D eigenvalue weighted by Crippen LogP contribution is 2.59. The molecular formula is C34H46N2O6. The summed E-state index contributed by atoms with van der Waals surface area (Å²) in [5.41, 5.74) is -2.12. The van der Waals surface area contributed by atoms with Crippen LogP contribution in [0.1, 0.15) is 66.4 Å². The molecule has 0 aromatic heterocycles. The SMILES string of the molecule is CC[C@]12C=CCCOC(=O)[C@H]1[C@H]1C(=O)N([C@@H](CO)Cc3ccccc3)C3C(=O)N(C(C)(C)CC(C)(C)C)CC=C[C@@]31O2. The first-order valence-electron chi connectivity index (χ1n) is 15.3. The monoisotopic (exact) mass is 578 g/mol. The summed E-state index contributed by atoms with van der Waals surface area (Å²) in [5, 5.41) is 10.7. The van der Waals surface area contributed by atoms with E-state index in [0.29, 0.717) is 25.8 Å². The molecule has 4 heterocycles. The lowest BCUT2D eigenvalue weighted by atomic mass is 9.73. The standard InChI is InChI=1S/C34H46N2O6/c1-7-33-16-11-12-19-41-30(40)26(33)25-28(38)36(24(21-37)20-23-14-9-8-10-15-23)27-29(39)35(18-13-17-34(25,27)42-33)32(5,6)22-31(2,3)4/h8-11,13-17,24-27,37H,7,12,18-22H2,1-6H3/t24-,25+,26-,27?,33+,34+/m1/s1. The van der Waals surface area contributed by atoms with Crippen molar-refractivity contribution in [2.75, 3.05) is 19.8 Å². The maximum Gasteiger partial charge on any atom is 0.313 e. The minimum absolute atomic E-state index is 0.0533. The number of aliphatic hydroxyl groups is 1. The number of esters is 1. The molecule has 1 aromatic rings. The van der Waals surface area contributed by atoms with Gasteiger partial charge in [-0.15, -0.1) is 0 Å². The second-order valence-electron chi connectivity index (χ2n) is 14.2. The zero-order chi connectivity index (χ0) is 30.5. The van der Waals surface area contributed by atoms with Gasteiger partial charge in [0.1, 0.15) is 23.2 Å². The lowest BCUT2D eigenvalue weighted by Crippen LogP contribution is -2.62. The molecule has 2 amide bonds. The number of cyclic esters (lactones) is 1. The zero-order valence-corrected chi connectivity index (χ0v) is 25.8. The first kappa shape index (κ1) is 30.5. The molecule has 228 valence electrons. The van der Waals surface area contributed by atoms with Crippen molar-refractivity contribution in [1.29, 1.82) is 0 Å². The number of nitrogens with zero attached hydrogens (tertiary/aromatic N) is 2. The summed E-state index contributed by atoms with van der Waals surface area (Å²) in [6.07, 6.45) is 9.75. The summed E-state index contributed by atoms with van der Waals surface area (Å²) in [6, 6.07) is 7.90. The highest BCUT2D eigenvalue weighted by Gasteiger charge is 2.76. The summed E-state index contributed by atoms with van der Waals surface area (Å²) in [6.45, 7) is 12.8. The molecule has 1 aromatic carbocycles. The van der Waals surface area contributed by atoms with Gasteiger partial charge in [0.15, 0.2) is 0 Å². The normalized spacial score (nSPS) is 32.1. The molecule has 8 nitrogen and oxygen atoms in total. The Bertz CT molecular complexity index is 1270. The Morgan fingerprint density at radius 2 is 1.71 bits per heavy atom. The number of likely N-dealkylation sites (tertiary alicyclic amines) is 1. The van der Waals surface area contributed by atoms with Crippen molar-refractivity contribution >= 4 is 17.8 Å². The molecule has 2 fully saturated rings. The Balaban J connectivity index is 1.67. The van der Waals surface area contributed by atoms with Crippen molar-refractivity contribution in [2.24, 2.45) is 17.3 Å². The quantitative estimate of drug-likeness (QED) is 0.387. The molecule has 0 bridgehead atoms. The van der Waals surface area contributed by atoms with Gasteiger partial charge in [0.25, 0.3) is 0 Å². The summed E-state index contributed by atoms with van der Waals surface area (Å²) in [7, 11) is 0. The Kier molecular flexibility index (Phi) is 7.94. The highest BCUT2D eigenvalue weighted by atomic mass is 16.6. The molecule has 4 aliphatic rings. The second kappa shape index (κ2) is 10.9. The maximum absolute atomic E-state index is 14.9. The van der Waals surface area contributed by atoms with Crippen LogP contribution in [0.3, 0.4) is 0 Å². The van der Waals surface area contributed by atoms with Crippen molar-refractivity contribution in [1.82, 2.24) is 9.80 Å². The predicted molar refractivity (Wildman–Crippen MR) is 159 cm³/mol. The number of carbonyl (C=O) groups is 3. The van der Waals surface area contributed by atoms with Crippen LogP contribution in [-0.4, -0.2) is 81.3 Å². The lowest BCUT2D eigenvalue weighted by molar-refractivity contribution is -0.165. The summed E-state index contributed by atoms with van der Waals surface area (Å²) in [5.74, 6) is -2.94. The second-order valence-corrected chi connectivity index (χ2v) is 14.2. The predicted octanol–water partition coefficient (Wildman–Crippen LogP) is 4.07. The Hall–Kier alpha value is -2.97. The number of hydrogen-bond acceptors (Lipinski definition) is 6. The molecule has 0 saturated carbocycles. The van der Waals surface area contributed by atoms with Crippen molar-refractivity contribution < 1.29 is 29.0 Å². The van der Waals surface area contributed by atoms with Crippen molar-refractivity contribution in [3.63, 3.8) is 0 Å².